The van der Waals surface area contributed by atoms with E-state index in [-0.39, 0.29) is 28.1 Å². The highest BCUT2D eigenvalue weighted by Crippen LogP contribution is 2.41. The van der Waals surface area contributed by atoms with Crippen molar-refractivity contribution in [2.75, 3.05) is 0 Å². The zero-order valence-corrected chi connectivity index (χ0v) is 14.5. The van der Waals surface area contributed by atoms with Crippen LogP contribution in [-0.2, 0) is 5.92 Å². The molecule has 2 atom stereocenters. The standard InChI is InChI=1S/C18H17F3N4O/c1-8-4-10(18(3,20)21)5-9(2)14(8)25-7-12-16(24-25)22-15(23-17(12)26)11-6-13(11)19/h4-5,7,11,13H,6H2,1-3H3,(H,22,23,24,26)/t11-,13-/m1/s1. The minimum Gasteiger partial charge on any atom is -0.310 e. The summed E-state index contributed by atoms with van der Waals surface area (Å²) in [5.74, 6) is -3.02. The maximum absolute atomic E-state index is 13.6. The first kappa shape index (κ1) is 16.8. The lowest BCUT2D eigenvalue weighted by molar-refractivity contribution is 0.0173. The molecular formula is C18H17F3N4O. The molecule has 0 aliphatic heterocycles. The van der Waals surface area contributed by atoms with Crippen molar-refractivity contribution in [3.63, 3.8) is 0 Å². The van der Waals surface area contributed by atoms with E-state index in [0.29, 0.717) is 29.1 Å². The number of nitrogens with one attached hydrogen (secondary N) is 1. The van der Waals surface area contributed by atoms with Crippen LogP contribution in [0.1, 0.15) is 41.8 Å². The van der Waals surface area contributed by atoms with Gasteiger partial charge in [-0.3, -0.25) is 4.79 Å². The second-order valence-electron chi connectivity index (χ2n) is 6.97. The summed E-state index contributed by atoms with van der Waals surface area (Å²) in [7, 11) is 0. The van der Waals surface area contributed by atoms with E-state index in [1.807, 2.05) is 0 Å². The SMILES string of the molecule is Cc1cc(C(C)(F)F)cc(C)c1-n1cc2c(=O)[nH]c([C@@H]3C[C@H]3F)nc2n1. The molecule has 1 aliphatic rings. The summed E-state index contributed by atoms with van der Waals surface area (Å²) < 4.78 is 42.0. The zero-order chi connectivity index (χ0) is 18.8. The Kier molecular flexibility index (Phi) is 3.51. The fourth-order valence-corrected chi connectivity index (χ4v) is 3.24. The van der Waals surface area contributed by atoms with E-state index in [1.54, 1.807) is 13.8 Å². The predicted molar refractivity (Wildman–Crippen MR) is 90.8 cm³/mol. The van der Waals surface area contributed by atoms with Crippen LogP contribution in [0.15, 0.2) is 23.1 Å². The highest BCUT2D eigenvalue weighted by Gasteiger charge is 2.41. The number of benzene rings is 1. The zero-order valence-electron chi connectivity index (χ0n) is 14.5. The smallest absolute Gasteiger partial charge is 0.270 e. The molecule has 0 amide bonds. The van der Waals surface area contributed by atoms with Gasteiger partial charge in [0.25, 0.3) is 11.5 Å². The lowest BCUT2D eigenvalue weighted by atomic mass is 10.0. The van der Waals surface area contributed by atoms with Crippen LogP contribution in [0, 0.1) is 13.8 Å². The fraction of sp³-hybridized carbons (Fsp3) is 0.389. The fourth-order valence-electron chi connectivity index (χ4n) is 3.24. The lowest BCUT2D eigenvalue weighted by Crippen LogP contribution is -2.10. The van der Waals surface area contributed by atoms with Gasteiger partial charge in [-0.2, -0.15) is 0 Å². The molecule has 0 bridgehead atoms. The Morgan fingerprint density at radius 3 is 2.42 bits per heavy atom. The molecule has 1 fully saturated rings. The first-order valence-electron chi connectivity index (χ1n) is 8.28. The molecule has 26 heavy (non-hydrogen) atoms. The molecule has 1 aliphatic carbocycles. The minimum absolute atomic E-state index is 0.0751. The number of H-pyrrole nitrogens is 1. The van der Waals surface area contributed by atoms with Gasteiger partial charge in [0.15, 0.2) is 5.65 Å². The van der Waals surface area contributed by atoms with Gasteiger partial charge < -0.3 is 4.98 Å². The Bertz CT molecular complexity index is 1060. The highest BCUT2D eigenvalue weighted by atomic mass is 19.3. The number of fused-ring (bicyclic) bond motifs is 1. The summed E-state index contributed by atoms with van der Waals surface area (Å²) in [6.07, 6.45) is 0.884. The van der Waals surface area contributed by atoms with Crippen LogP contribution in [0.25, 0.3) is 16.7 Å². The molecule has 3 aromatic rings. The van der Waals surface area contributed by atoms with Crippen LogP contribution in [0.4, 0.5) is 13.2 Å². The number of halogens is 3. The molecule has 0 saturated heterocycles. The van der Waals surface area contributed by atoms with Gasteiger partial charge in [-0.05, 0) is 43.5 Å². The molecule has 0 radical (unpaired) electrons. The third-order valence-corrected chi connectivity index (χ3v) is 4.70. The van der Waals surface area contributed by atoms with Crippen LogP contribution in [-0.4, -0.2) is 25.9 Å². The number of hydrogen-bond donors (Lipinski definition) is 1. The van der Waals surface area contributed by atoms with Gasteiger partial charge in [-0.1, -0.05) is 0 Å². The summed E-state index contributed by atoms with van der Waals surface area (Å²) in [5, 5.41) is 4.60. The molecule has 0 unspecified atom stereocenters. The number of nitrogens with zero attached hydrogens (tertiary/aromatic N) is 3. The Hall–Kier alpha value is -2.64. The van der Waals surface area contributed by atoms with Crippen molar-refractivity contribution in [1.82, 2.24) is 19.7 Å². The first-order valence-corrected chi connectivity index (χ1v) is 8.28. The van der Waals surface area contributed by atoms with E-state index < -0.39 is 12.1 Å². The van der Waals surface area contributed by atoms with E-state index in [4.69, 9.17) is 0 Å². The number of aromatic amines is 1. The Labute approximate surface area is 146 Å². The molecule has 1 aromatic carbocycles. The first-order chi connectivity index (χ1) is 12.1. The normalized spacial score (nSPS) is 19.9. The van der Waals surface area contributed by atoms with Crippen molar-refractivity contribution >= 4 is 11.0 Å². The summed E-state index contributed by atoms with van der Waals surface area (Å²) in [6.45, 7) is 4.28. The largest absolute Gasteiger partial charge is 0.310 e. The third kappa shape index (κ3) is 2.69. The van der Waals surface area contributed by atoms with Gasteiger partial charge in [0.05, 0.1) is 11.6 Å². The number of aromatic nitrogens is 4. The molecule has 4 rings (SSSR count). The van der Waals surface area contributed by atoms with Gasteiger partial charge in [-0.15, -0.1) is 5.10 Å². The molecule has 0 spiro atoms. The van der Waals surface area contributed by atoms with Gasteiger partial charge in [0.2, 0.25) is 0 Å². The highest BCUT2D eigenvalue weighted by molar-refractivity contribution is 5.73. The average Bonchev–Trinajstić information content (AvgIpc) is 3.10. The molecule has 5 nitrogen and oxygen atoms in total. The van der Waals surface area contributed by atoms with E-state index in [9.17, 15) is 18.0 Å². The summed E-state index contributed by atoms with van der Waals surface area (Å²) in [6, 6.07) is 2.82. The Balaban J connectivity index is 1.85. The Morgan fingerprint density at radius 1 is 1.27 bits per heavy atom. The van der Waals surface area contributed by atoms with E-state index in [0.717, 1.165) is 6.92 Å². The number of aryl methyl sites for hydroxylation is 2. The predicted octanol–water partition coefficient (Wildman–Crippen LogP) is 3.66. The molecule has 1 N–H and O–H groups in total. The summed E-state index contributed by atoms with van der Waals surface area (Å²) in [5.41, 5.74) is 1.59. The minimum atomic E-state index is -2.94. The lowest BCUT2D eigenvalue weighted by Gasteiger charge is -2.16. The van der Waals surface area contributed by atoms with Crippen molar-refractivity contribution in [1.29, 1.82) is 0 Å². The molecule has 136 valence electrons. The monoisotopic (exact) mass is 362 g/mol. The van der Waals surface area contributed by atoms with Crippen LogP contribution in [0.5, 0.6) is 0 Å². The van der Waals surface area contributed by atoms with E-state index >= 15 is 0 Å². The maximum Gasteiger partial charge on any atom is 0.270 e. The van der Waals surface area contributed by atoms with Crippen molar-refractivity contribution < 1.29 is 13.2 Å². The van der Waals surface area contributed by atoms with Crippen molar-refractivity contribution in [2.45, 2.75) is 45.2 Å². The van der Waals surface area contributed by atoms with Crippen molar-refractivity contribution in [3.8, 4) is 5.69 Å². The summed E-state index contributed by atoms with van der Waals surface area (Å²) in [4.78, 5) is 19.1. The van der Waals surface area contributed by atoms with Crippen molar-refractivity contribution in [3.05, 3.63) is 51.2 Å². The van der Waals surface area contributed by atoms with E-state index in [2.05, 4.69) is 15.1 Å². The van der Waals surface area contributed by atoms with Gasteiger partial charge in [-0.25, -0.2) is 22.8 Å². The van der Waals surface area contributed by atoms with Crippen LogP contribution in [0.3, 0.4) is 0 Å². The molecule has 2 heterocycles. The van der Waals surface area contributed by atoms with Crippen LogP contribution < -0.4 is 5.56 Å². The van der Waals surface area contributed by atoms with Crippen molar-refractivity contribution in [2.24, 2.45) is 0 Å². The number of rotatable bonds is 3. The molecular weight excluding hydrogens is 345 g/mol. The summed E-state index contributed by atoms with van der Waals surface area (Å²) >= 11 is 0. The molecule has 1 saturated carbocycles. The quantitative estimate of drug-likeness (QED) is 0.773. The van der Waals surface area contributed by atoms with Gasteiger partial charge in [0, 0.05) is 18.7 Å². The maximum atomic E-state index is 13.6. The third-order valence-electron chi connectivity index (χ3n) is 4.70. The number of hydrogen-bond acceptors (Lipinski definition) is 3. The van der Waals surface area contributed by atoms with E-state index in [1.165, 1.54) is 23.0 Å². The molecule has 2 aromatic heterocycles. The average molecular weight is 362 g/mol. The van der Waals surface area contributed by atoms with Gasteiger partial charge >= 0.3 is 0 Å². The van der Waals surface area contributed by atoms with Crippen LogP contribution >= 0.6 is 0 Å². The van der Waals surface area contributed by atoms with Gasteiger partial charge in [0.1, 0.15) is 17.4 Å². The van der Waals surface area contributed by atoms with Crippen LogP contribution in [0.2, 0.25) is 0 Å². The second-order valence-corrected chi connectivity index (χ2v) is 6.97. The second kappa shape index (κ2) is 5.43. The number of alkyl halides is 3. The topological polar surface area (TPSA) is 63.6 Å². The Morgan fingerprint density at radius 2 is 1.88 bits per heavy atom. The molecule has 8 heteroatoms.